The van der Waals surface area contributed by atoms with Crippen molar-refractivity contribution in [1.82, 2.24) is 0 Å². The SMILES string of the molecule is Brc1ccc(Sc2sc3c([s+]2)CCCC3)cc1. The Labute approximate surface area is 122 Å². The fraction of sp³-hybridized carbons (Fsp3) is 0.308. The van der Waals surface area contributed by atoms with Crippen molar-refractivity contribution in [2.75, 3.05) is 0 Å². The Kier molecular flexibility index (Phi) is 3.85. The van der Waals surface area contributed by atoms with Crippen molar-refractivity contribution in [2.45, 2.75) is 34.1 Å². The first-order valence-electron chi connectivity index (χ1n) is 5.69. The van der Waals surface area contributed by atoms with E-state index >= 15 is 0 Å². The molecule has 17 heavy (non-hydrogen) atoms. The smallest absolute Gasteiger partial charge is 0.0508 e. The van der Waals surface area contributed by atoms with E-state index in [2.05, 4.69) is 40.2 Å². The van der Waals surface area contributed by atoms with Gasteiger partial charge in [0.25, 0.3) is 0 Å². The Morgan fingerprint density at radius 3 is 2.65 bits per heavy atom. The second kappa shape index (κ2) is 5.39. The van der Waals surface area contributed by atoms with Gasteiger partial charge in [-0.2, -0.15) is 0 Å². The van der Waals surface area contributed by atoms with E-state index in [1.807, 2.05) is 34.4 Å². The van der Waals surface area contributed by atoms with Gasteiger partial charge >= 0.3 is 3.52 Å². The van der Waals surface area contributed by atoms with Gasteiger partial charge in [-0.15, -0.1) is 0 Å². The molecule has 1 heterocycles. The van der Waals surface area contributed by atoms with Crippen molar-refractivity contribution in [3.8, 4) is 0 Å². The fourth-order valence-corrected chi connectivity index (χ4v) is 6.52. The first-order chi connectivity index (χ1) is 8.31. The van der Waals surface area contributed by atoms with Crippen LogP contribution in [-0.4, -0.2) is 0 Å². The average molecular weight is 344 g/mol. The Morgan fingerprint density at radius 1 is 1.12 bits per heavy atom. The molecule has 0 atom stereocenters. The minimum Gasteiger partial charge on any atom is -0.0508 e. The van der Waals surface area contributed by atoms with Gasteiger partial charge in [-0.1, -0.05) is 15.9 Å². The lowest BCUT2D eigenvalue weighted by atomic mass is 10.1. The summed E-state index contributed by atoms with van der Waals surface area (Å²) < 4.78 is 2.63. The molecule has 0 radical (unpaired) electrons. The molecule has 2 aromatic rings. The maximum Gasteiger partial charge on any atom is 0.317 e. The summed E-state index contributed by atoms with van der Waals surface area (Å²) in [5.74, 6) is 0. The molecule has 4 heteroatoms. The highest BCUT2D eigenvalue weighted by atomic mass is 79.9. The minimum atomic E-state index is 1.15. The van der Waals surface area contributed by atoms with Crippen LogP contribution in [-0.2, 0) is 12.8 Å². The van der Waals surface area contributed by atoms with Crippen molar-refractivity contribution < 1.29 is 0 Å². The third kappa shape index (κ3) is 2.92. The molecule has 0 saturated heterocycles. The van der Waals surface area contributed by atoms with Crippen molar-refractivity contribution in [1.29, 1.82) is 0 Å². The van der Waals surface area contributed by atoms with E-state index in [9.17, 15) is 0 Å². The van der Waals surface area contributed by atoms with Gasteiger partial charge in [-0.05, 0) is 48.9 Å². The van der Waals surface area contributed by atoms with Crippen LogP contribution in [0.15, 0.2) is 37.2 Å². The topological polar surface area (TPSA) is 0 Å². The molecule has 0 nitrogen and oxygen atoms in total. The summed E-state index contributed by atoms with van der Waals surface area (Å²) in [6, 6.07) is 8.58. The zero-order chi connectivity index (χ0) is 11.7. The largest absolute Gasteiger partial charge is 0.317 e. The van der Waals surface area contributed by atoms with Gasteiger partial charge in [0.15, 0.2) is 0 Å². The van der Waals surface area contributed by atoms with Gasteiger partial charge in [-0.25, -0.2) is 0 Å². The number of benzene rings is 1. The molecule has 1 aromatic heterocycles. The molecule has 0 saturated carbocycles. The van der Waals surface area contributed by atoms with Crippen LogP contribution in [0.5, 0.6) is 0 Å². The van der Waals surface area contributed by atoms with E-state index in [4.69, 9.17) is 0 Å². The molecule has 0 spiro atoms. The molecule has 3 rings (SSSR count). The molecular weight excluding hydrogens is 332 g/mol. The predicted octanol–water partition coefficient (Wildman–Crippen LogP) is 5.88. The first kappa shape index (κ1) is 12.2. The highest BCUT2D eigenvalue weighted by Gasteiger charge is 2.25. The molecule has 0 fully saturated rings. The molecule has 0 aliphatic heterocycles. The quantitative estimate of drug-likeness (QED) is 0.613. The summed E-state index contributed by atoms with van der Waals surface area (Å²) in [4.78, 5) is 4.62. The number of hydrogen-bond donors (Lipinski definition) is 0. The molecule has 0 amide bonds. The number of aryl methyl sites for hydroxylation is 2. The Bertz CT molecular complexity index is 492. The third-order valence-corrected chi connectivity index (χ3v) is 7.36. The van der Waals surface area contributed by atoms with E-state index < -0.39 is 0 Å². The van der Waals surface area contributed by atoms with E-state index in [0.29, 0.717) is 0 Å². The Hall–Kier alpha value is 0.1000. The lowest BCUT2D eigenvalue weighted by Gasteiger charge is -2.01. The minimum absolute atomic E-state index is 1.15. The van der Waals surface area contributed by atoms with E-state index in [-0.39, 0.29) is 0 Å². The molecule has 1 aliphatic carbocycles. The summed E-state index contributed by atoms with van der Waals surface area (Å²) in [6.45, 7) is 0. The lowest BCUT2D eigenvalue weighted by molar-refractivity contribution is 0.705. The van der Waals surface area contributed by atoms with Gasteiger partial charge in [0.1, 0.15) is 9.75 Å². The highest BCUT2D eigenvalue weighted by Crippen LogP contribution is 2.42. The molecular formula is C13H12BrS3+. The van der Waals surface area contributed by atoms with Gasteiger partial charge < -0.3 is 0 Å². The molecule has 1 aromatic carbocycles. The summed E-state index contributed by atoms with van der Waals surface area (Å²) in [5, 5.41) is 0. The van der Waals surface area contributed by atoms with Crippen molar-refractivity contribution in [2.24, 2.45) is 0 Å². The van der Waals surface area contributed by atoms with Crippen LogP contribution in [0.4, 0.5) is 0 Å². The Morgan fingerprint density at radius 2 is 1.88 bits per heavy atom. The summed E-state index contributed by atoms with van der Waals surface area (Å²) >= 11 is 9.39. The first-order valence-corrected chi connectivity index (χ1v) is 8.93. The van der Waals surface area contributed by atoms with Gasteiger partial charge in [0.2, 0.25) is 0 Å². The van der Waals surface area contributed by atoms with E-state index in [1.165, 1.54) is 34.1 Å². The number of hydrogen-bond acceptors (Lipinski definition) is 2. The van der Waals surface area contributed by atoms with Crippen LogP contribution < -0.4 is 0 Å². The fourth-order valence-electron chi connectivity index (χ4n) is 1.93. The molecule has 1 aliphatic rings. The number of rotatable bonds is 2. The average Bonchev–Trinajstić information content (AvgIpc) is 2.74. The normalized spacial score (nSPS) is 14.6. The highest BCUT2D eigenvalue weighted by molar-refractivity contribution is 9.10. The van der Waals surface area contributed by atoms with Crippen LogP contribution in [0, 0.1) is 0 Å². The summed E-state index contributed by atoms with van der Waals surface area (Å²) in [5.41, 5.74) is 0. The van der Waals surface area contributed by atoms with E-state index in [0.717, 1.165) is 4.47 Å². The second-order valence-electron chi connectivity index (χ2n) is 4.06. The molecule has 0 unspecified atom stereocenters. The number of fused-ring (bicyclic) bond motifs is 1. The third-order valence-electron chi connectivity index (χ3n) is 2.80. The summed E-state index contributed by atoms with van der Waals surface area (Å²) in [6.07, 6.45) is 5.36. The van der Waals surface area contributed by atoms with Crippen LogP contribution in [0.1, 0.15) is 22.6 Å². The zero-order valence-electron chi connectivity index (χ0n) is 9.24. The van der Waals surface area contributed by atoms with Crippen LogP contribution >= 0.6 is 50.4 Å². The van der Waals surface area contributed by atoms with Crippen molar-refractivity contribution in [3.63, 3.8) is 0 Å². The predicted molar refractivity (Wildman–Crippen MR) is 81.5 cm³/mol. The van der Waals surface area contributed by atoms with Gasteiger partial charge in [-0.3, -0.25) is 0 Å². The van der Waals surface area contributed by atoms with E-state index in [1.54, 1.807) is 9.75 Å². The standard InChI is InChI=1S/C13H12BrS3/c14-9-5-7-10(8-6-9)15-13-16-11-3-1-2-4-12(11)17-13/h5-8H,1-4H2/q+1. The van der Waals surface area contributed by atoms with Crippen LogP contribution in [0.25, 0.3) is 0 Å². The maximum atomic E-state index is 3.47. The van der Waals surface area contributed by atoms with Gasteiger partial charge in [0, 0.05) is 22.2 Å². The van der Waals surface area contributed by atoms with Crippen molar-refractivity contribution >= 4 is 50.4 Å². The summed E-state index contributed by atoms with van der Waals surface area (Å²) in [7, 11) is 0. The van der Waals surface area contributed by atoms with Crippen LogP contribution in [0.3, 0.4) is 0 Å². The Balaban J connectivity index is 1.80. The lowest BCUT2D eigenvalue weighted by Crippen LogP contribution is -1.95. The van der Waals surface area contributed by atoms with Crippen molar-refractivity contribution in [3.05, 3.63) is 38.5 Å². The maximum absolute atomic E-state index is 3.47. The second-order valence-corrected chi connectivity index (χ2v) is 9.05. The zero-order valence-corrected chi connectivity index (χ0v) is 13.3. The number of halogens is 1. The van der Waals surface area contributed by atoms with Gasteiger partial charge in [0.05, 0.1) is 22.7 Å². The van der Waals surface area contributed by atoms with Crippen LogP contribution in [0.2, 0.25) is 0 Å². The molecule has 88 valence electrons. The molecule has 0 bridgehead atoms. The monoisotopic (exact) mass is 343 g/mol. The molecule has 0 N–H and O–H groups in total.